The van der Waals surface area contributed by atoms with E-state index in [1.807, 2.05) is 0 Å². The summed E-state index contributed by atoms with van der Waals surface area (Å²) in [6.45, 7) is 5.59. The summed E-state index contributed by atoms with van der Waals surface area (Å²) in [6, 6.07) is 0. The molecule has 0 aromatic heterocycles. The Kier molecular flexibility index (Phi) is 55.8. The molecule has 0 amide bonds. The van der Waals surface area contributed by atoms with Gasteiger partial charge in [-0.1, -0.05) is 0 Å². The Morgan fingerprint density at radius 2 is 0.604 bits per heavy atom. The Bertz CT molecular complexity index is 489. The van der Waals surface area contributed by atoms with E-state index in [0.29, 0.717) is 78.5 Å². The van der Waals surface area contributed by atoms with Crippen LogP contribution in [-0.2, 0) is 37.9 Å². The van der Waals surface area contributed by atoms with Gasteiger partial charge >= 0.3 is 0 Å². The van der Waals surface area contributed by atoms with Crippen LogP contribution >= 0.6 is 0 Å². The second-order valence-electron chi connectivity index (χ2n) is 10.3. The fourth-order valence-corrected chi connectivity index (χ4v) is 3.43. The van der Waals surface area contributed by atoms with Crippen LogP contribution in [0.3, 0.4) is 0 Å². The summed E-state index contributed by atoms with van der Waals surface area (Å²) in [4.78, 5) is 0. The largest absolute Gasteiger partial charge is 0.553 e. The average Bonchev–Trinajstić information content (AvgIpc) is 3.03. The molecule has 14 nitrogen and oxygen atoms in total. The van der Waals surface area contributed by atoms with Crippen LogP contribution in [0.4, 0.5) is 0 Å². The van der Waals surface area contributed by atoms with E-state index in [0.717, 1.165) is 38.5 Å². The zero-order chi connectivity index (χ0) is 34.9. The molecule has 0 rings (SSSR count). The molecule has 0 fully saturated rings. The van der Waals surface area contributed by atoms with Crippen molar-refractivity contribution in [3.05, 3.63) is 28.4 Å². The molecule has 0 aliphatic heterocycles. The van der Waals surface area contributed by atoms with Gasteiger partial charge in [-0.2, -0.15) is 0 Å². The molecule has 6 N–H and O–H groups in total. The second-order valence-corrected chi connectivity index (χ2v) is 10.3. The van der Waals surface area contributed by atoms with E-state index in [4.69, 9.17) is 29.2 Å². The number of ether oxygens (including phenoxy) is 8. The van der Waals surface area contributed by atoms with Crippen molar-refractivity contribution in [1.29, 1.82) is 0 Å². The molecule has 0 bridgehead atoms. The molecule has 4 unspecified atom stereocenters. The van der Waals surface area contributed by atoms with Crippen LogP contribution in [0.15, 0.2) is 0 Å². The monoisotopic (exact) mass is 1210 g/mol. The Labute approximate surface area is 278 Å². The summed E-state index contributed by atoms with van der Waals surface area (Å²) in [5.41, 5.74) is 0. The smallest absolute Gasteiger partial charge is 0.0765 e. The van der Waals surface area contributed by atoms with Gasteiger partial charge in [0.2, 0.25) is 0 Å². The van der Waals surface area contributed by atoms with Crippen LogP contribution in [0, 0.1) is 28.4 Å². The molecule has 0 saturated carbocycles. The third kappa shape index (κ3) is 53.0. The van der Waals surface area contributed by atoms with Gasteiger partial charge in [-0.15, -0.1) is 0 Å². The fourth-order valence-electron chi connectivity index (χ4n) is 3.43. The minimum Gasteiger partial charge on any atom is -0.553 e. The van der Waals surface area contributed by atoms with Crippen molar-refractivity contribution < 1.29 is 68.5 Å². The zero-order valence-electron chi connectivity index (χ0n) is 29.5. The van der Waals surface area contributed by atoms with Crippen molar-refractivity contribution in [1.82, 2.24) is 0 Å². The van der Waals surface area contributed by atoms with Gasteiger partial charge in [-0.3, -0.25) is 0 Å². The van der Waals surface area contributed by atoms with Crippen LogP contribution < -0.4 is 0 Å². The van der Waals surface area contributed by atoms with E-state index in [-0.39, 0.29) is 39.6 Å². The molecule has 0 aromatic rings. The van der Waals surface area contributed by atoms with Gasteiger partial charge in [0.1, 0.15) is 0 Å². The summed E-state index contributed by atoms with van der Waals surface area (Å²) < 4.78 is 39.0. The minimum absolute atomic E-state index is 0. The number of hydrogen-bond acceptors (Lipinski definition) is 14. The summed E-state index contributed by atoms with van der Waals surface area (Å²) in [7, 11) is 12.8. The van der Waals surface area contributed by atoms with E-state index < -0.39 is 24.4 Å². The van der Waals surface area contributed by atoms with Gasteiger partial charge in [0.25, 0.3) is 0 Å². The van der Waals surface area contributed by atoms with E-state index in [1.54, 1.807) is 0 Å². The zero-order valence-corrected chi connectivity index (χ0v) is 42.3. The molecule has 0 aromatic carbocycles. The molecule has 16 heteroatoms. The Morgan fingerprint density at radius 3 is 0.875 bits per heavy atom. The maximum Gasteiger partial charge on any atom is 0.0765 e. The van der Waals surface area contributed by atoms with Crippen LogP contribution in [0.5, 0.6) is 0 Å². The third-order valence-electron chi connectivity index (χ3n) is 5.88. The van der Waals surface area contributed by atoms with Crippen molar-refractivity contribution in [2.45, 2.75) is 88.6 Å². The van der Waals surface area contributed by atoms with Gasteiger partial charge in [0, 0.05) is 66.1 Å². The number of aliphatic hydroxyl groups is 6. The Morgan fingerprint density at radius 1 is 0.354 bits per heavy atom. The van der Waals surface area contributed by atoms with Crippen molar-refractivity contribution in [3.63, 3.8) is 0 Å². The summed E-state index contributed by atoms with van der Waals surface area (Å²) >= 11 is 0. The molecule has 0 aliphatic rings. The second kappa shape index (κ2) is 48.8. The van der Waals surface area contributed by atoms with E-state index in [2.05, 4.69) is 47.4 Å². The molecule has 286 valence electrons. The van der Waals surface area contributed by atoms with Crippen LogP contribution in [0.1, 0.15) is 64.2 Å². The quantitative estimate of drug-likeness (QED) is 0.0410. The fraction of sp³-hybridized carbons (Fsp3) is 0.875. The molecule has 0 heterocycles. The Hall–Kier alpha value is -2.56. The first-order valence-corrected chi connectivity index (χ1v) is 16.1. The van der Waals surface area contributed by atoms with Crippen molar-refractivity contribution in [2.24, 2.45) is 0 Å². The minimum atomic E-state index is -0.510. The predicted octanol–water partition coefficient (Wildman–Crippen LogP) is 1.59. The molecule has 4 atom stereocenters. The maximum atomic E-state index is 9.33. The van der Waals surface area contributed by atoms with Gasteiger partial charge in [-0.05, 0) is 64.2 Å². The summed E-state index contributed by atoms with van der Waals surface area (Å²) in [5.74, 6) is 0. The number of aliphatic hydroxyl groups excluding tert-OH is 6. The molecular weight excluding hydrogens is 1140 g/mol. The van der Waals surface area contributed by atoms with Gasteiger partial charge in [0.05, 0.1) is 50.8 Å². The topological polar surface area (TPSA) is 195 Å². The average molecular weight is 1210 g/mol. The maximum absolute atomic E-state index is 9.33. The Balaban J connectivity index is -0.000000196. The first kappa shape index (κ1) is 54.9. The molecule has 0 spiro atoms. The first-order valence-electron chi connectivity index (χ1n) is 16.1. The first-order chi connectivity index (χ1) is 22.3. The number of unbranched alkanes of at least 4 members (excludes halogenated alkanes) is 3. The molecule has 0 radical (unpaired) electrons. The normalized spacial score (nSPS) is 13.1. The standard InChI is InChI=1S/C14H28O6.2C9H19O4.2Rf/c1-17-11-13(15)5-9-19-7-3-4-8-20-10-6-14(16)12-18-2;2*1-12-8-9(11)4-2-3-6-13-7-5-10;;/h13-16H,1-12H2;2*9-11H,1-8H2;;/q-2;2*-1;;. The van der Waals surface area contributed by atoms with Crippen molar-refractivity contribution >= 4 is 0 Å². The van der Waals surface area contributed by atoms with E-state index in [9.17, 15) is 20.4 Å². The van der Waals surface area contributed by atoms with Crippen LogP contribution in [0.2, 0.25) is 0 Å². The predicted molar refractivity (Wildman–Crippen MR) is 173 cm³/mol. The number of rotatable bonds is 33. The molecule has 0 aliphatic carbocycles. The van der Waals surface area contributed by atoms with E-state index in [1.165, 1.54) is 0 Å². The van der Waals surface area contributed by atoms with Crippen LogP contribution in [-0.4, -0.2) is 148 Å². The summed E-state index contributed by atoms with van der Waals surface area (Å²) in [6.07, 6.45) is 6.07. The van der Waals surface area contributed by atoms with Crippen molar-refractivity contribution in [2.75, 3.05) is 92.5 Å². The third-order valence-corrected chi connectivity index (χ3v) is 5.88. The SMILES string of the molecule is [CH2-]OCC(O)CCCCOCCO.[CH2-]OCC(O)CCCCOCCO.[CH2-]OCC(O)CCOCCCCOCCC(O)CO[CH2-].[Rf].[Rf]. The van der Waals surface area contributed by atoms with Gasteiger partial charge in [0.15, 0.2) is 0 Å². The van der Waals surface area contributed by atoms with E-state index >= 15 is 0 Å². The number of hydrogen-bond donors (Lipinski definition) is 6. The van der Waals surface area contributed by atoms with Gasteiger partial charge in [-0.25, -0.2) is 28.4 Å². The van der Waals surface area contributed by atoms with Gasteiger partial charge < -0.3 is 68.5 Å². The molecular formula is C32H66O14Rf2-4. The van der Waals surface area contributed by atoms with Crippen molar-refractivity contribution in [3.8, 4) is 0 Å². The molecule has 0 saturated heterocycles. The molecule has 48 heavy (non-hydrogen) atoms. The van der Waals surface area contributed by atoms with Crippen LogP contribution in [0.25, 0.3) is 0 Å². The summed E-state index contributed by atoms with van der Waals surface area (Å²) in [5, 5.41) is 53.9.